The first-order valence-corrected chi connectivity index (χ1v) is 2.06. The summed E-state index contributed by atoms with van der Waals surface area (Å²) in [4.78, 5) is 6.70. The molecule has 0 amide bonds. The fourth-order valence-corrected chi connectivity index (χ4v) is 0.354. The summed E-state index contributed by atoms with van der Waals surface area (Å²) in [6.45, 7) is 0. The fraction of sp³-hybridized carbons (Fsp3) is 0.333. The molecule has 1 aliphatic heterocycles. The van der Waals surface area contributed by atoms with Crippen LogP contribution in [0.15, 0.2) is 9.98 Å². The molecule has 0 aromatic rings. The molecule has 0 saturated carbocycles. The Morgan fingerprint density at radius 1 is 1.88 bits per heavy atom. The van der Waals surface area contributed by atoms with Crippen molar-refractivity contribution in [2.75, 3.05) is 0 Å². The van der Waals surface area contributed by atoms with E-state index in [0.29, 0.717) is 0 Å². The van der Waals surface area contributed by atoms with E-state index in [1.807, 2.05) is 0 Å². The SMILES string of the molecule is NC1N=CNC(F)=N1. The lowest BCUT2D eigenvalue weighted by molar-refractivity contribution is 0.674. The highest BCUT2D eigenvalue weighted by atomic mass is 19.1. The summed E-state index contributed by atoms with van der Waals surface area (Å²) in [6.07, 6.45) is -0.281. The van der Waals surface area contributed by atoms with Gasteiger partial charge < -0.3 is 5.32 Å². The Morgan fingerprint density at radius 2 is 2.62 bits per heavy atom. The number of rotatable bonds is 0. The van der Waals surface area contributed by atoms with Crippen molar-refractivity contribution in [1.29, 1.82) is 0 Å². The average Bonchev–Trinajstić information content (AvgIpc) is 1.64. The number of halogens is 1. The van der Waals surface area contributed by atoms with Gasteiger partial charge in [-0.2, -0.15) is 4.39 Å². The number of amidine groups is 1. The molecule has 3 N–H and O–H groups in total. The van der Waals surface area contributed by atoms with Crippen molar-refractivity contribution in [3.63, 3.8) is 0 Å². The monoisotopic (exact) mass is 116 g/mol. The van der Waals surface area contributed by atoms with Gasteiger partial charge in [-0.25, -0.2) is 9.98 Å². The van der Waals surface area contributed by atoms with Crippen LogP contribution in [0, 0.1) is 0 Å². The largest absolute Gasteiger partial charge is 0.307 e. The van der Waals surface area contributed by atoms with Gasteiger partial charge in [0.2, 0.25) is 0 Å². The molecule has 1 unspecified atom stereocenters. The Labute approximate surface area is 45.3 Å². The highest BCUT2D eigenvalue weighted by molar-refractivity contribution is 5.86. The molecule has 4 nitrogen and oxygen atoms in total. The van der Waals surface area contributed by atoms with E-state index >= 15 is 0 Å². The van der Waals surface area contributed by atoms with E-state index in [0.717, 1.165) is 0 Å². The maximum absolute atomic E-state index is 11.9. The van der Waals surface area contributed by atoms with Crippen LogP contribution in [-0.2, 0) is 0 Å². The maximum atomic E-state index is 11.9. The van der Waals surface area contributed by atoms with Gasteiger partial charge in [0.1, 0.15) is 0 Å². The second-order valence-electron chi connectivity index (χ2n) is 1.26. The lowest BCUT2D eigenvalue weighted by Gasteiger charge is -2.04. The summed E-state index contributed by atoms with van der Waals surface area (Å²) in [5, 5.41) is 2.12. The molecule has 0 bridgehead atoms. The second-order valence-corrected chi connectivity index (χ2v) is 1.26. The van der Waals surface area contributed by atoms with Gasteiger partial charge in [-0.3, -0.25) is 5.73 Å². The zero-order chi connectivity index (χ0) is 5.98. The van der Waals surface area contributed by atoms with E-state index in [1.165, 1.54) is 6.34 Å². The molecule has 1 atom stereocenters. The number of aliphatic imine (C=N–C) groups is 2. The van der Waals surface area contributed by atoms with Gasteiger partial charge in [-0.05, 0) is 0 Å². The average molecular weight is 116 g/mol. The predicted molar refractivity (Wildman–Crippen MR) is 28.1 cm³/mol. The summed E-state index contributed by atoms with van der Waals surface area (Å²) in [5.41, 5.74) is 5.06. The lowest BCUT2D eigenvalue weighted by atomic mass is 10.8. The molecule has 1 heterocycles. The zero-order valence-corrected chi connectivity index (χ0v) is 4.00. The van der Waals surface area contributed by atoms with Gasteiger partial charge in [0, 0.05) is 0 Å². The number of hydrogen-bond donors (Lipinski definition) is 2. The summed E-state index contributed by atoms with van der Waals surface area (Å²) >= 11 is 0. The molecule has 1 aliphatic rings. The van der Waals surface area contributed by atoms with Crippen molar-refractivity contribution in [2.24, 2.45) is 15.7 Å². The van der Waals surface area contributed by atoms with Crippen LogP contribution in [-0.4, -0.2) is 18.7 Å². The van der Waals surface area contributed by atoms with Gasteiger partial charge in [-0.15, -0.1) is 0 Å². The first-order valence-electron chi connectivity index (χ1n) is 2.06. The Morgan fingerprint density at radius 3 is 3.00 bits per heavy atom. The zero-order valence-electron chi connectivity index (χ0n) is 4.00. The minimum absolute atomic E-state index is 0.687. The van der Waals surface area contributed by atoms with E-state index in [2.05, 4.69) is 15.3 Å². The van der Waals surface area contributed by atoms with Crippen LogP contribution in [0.25, 0.3) is 0 Å². The smallest absolute Gasteiger partial charge is 0.286 e. The predicted octanol–water partition coefficient (Wildman–Crippen LogP) is -0.814. The number of nitrogens with two attached hydrogens (primary N) is 1. The summed E-state index contributed by atoms with van der Waals surface area (Å²) in [7, 11) is 0. The van der Waals surface area contributed by atoms with Gasteiger partial charge in [0.05, 0.1) is 6.34 Å². The molecular formula is C3H5FN4. The number of nitrogens with one attached hydrogen (secondary N) is 1. The topological polar surface area (TPSA) is 62.8 Å². The molecule has 0 fully saturated rings. The summed E-state index contributed by atoms with van der Waals surface area (Å²) in [6, 6.07) is 0. The summed E-state index contributed by atoms with van der Waals surface area (Å²) in [5.74, 6) is 0. The van der Waals surface area contributed by atoms with E-state index < -0.39 is 12.4 Å². The molecule has 0 radical (unpaired) electrons. The van der Waals surface area contributed by atoms with Crippen LogP contribution in [0.5, 0.6) is 0 Å². The Hall–Kier alpha value is -0.970. The maximum Gasteiger partial charge on any atom is 0.286 e. The molecule has 8 heavy (non-hydrogen) atoms. The Kier molecular flexibility index (Phi) is 1.21. The quantitative estimate of drug-likeness (QED) is 0.406. The highest BCUT2D eigenvalue weighted by Crippen LogP contribution is 1.87. The van der Waals surface area contributed by atoms with E-state index in [-0.39, 0.29) is 0 Å². The van der Waals surface area contributed by atoms with Crippen molar-refractivity contribution in [2.45, 2.75) is 6.29 Å². The van der Waals surface area contributed by atoms with Gasteiger partial charge >= 0.3 is 0 Å². The summed E-state index contributed by atoms with van der Waals surface area (Å²) < 4.78 is 11.9. The molecule has 44 valence electrons. The highest BCUT2D eigenvalue weighted by Gasteiger charge is 2.01. The van der Waals surface area contributed by atoms with Crippen LogP contribution >= 0.6 is 0 Å². The first-order chi connectivity index (χ1) is 3.79. The molecule has 0 aromatic heterocycles. The molecular weight excluding hydrogens is 111 g/mol. The minimum Gasteiger partial charge on any atom is -0.307 e. The fourth-order valence-electron chi connectivity index (χ4n) is 0.354. The van der Waals surface area contributed by atoms with E-state index in [9.17, 15) is 4.39 Å². The lowest BCUT2D eigenvalue weighted by Crippen LogP contribution is -2.29. The van der Waals surface area contributed by atoms with Crippen molar-refractivity contribution in [3.05, 3.63) is 0 Å². The second kappa shape index (κ2) is 1.87. The molecule has 0 spiro atoms. The van der Waals surface area contributed by atoms with E-state index in [1.54, 1.807) is 0 Å². The van der Waals surface area contributed by atoms with Crippen LogP contribution in [0.3, 0.4) is 0 Å². The van der Waals surface area contributed by atoms with Crippen molar-refractivity contribution < 1.29 is 4.39 Å². The van der Waals surface area contributed by atoms with Crippen LogP contribution < -0.4 is 11.1 Å². The molecule has 1 rings (SSSR count). The van der Waals surface area contributed by atoms with Crippen LogP contribution in [0.4, 0.5) is 4.39 Å². The van der Waals surface area contributed by atoms with Gasteiger partial charge in [0.25, 0.3) is 6.09 Å². The third kappa shape index (κ3) is 1.00. The van der Waals surface area contributed by atoms with Crippen LogP contribution in [0.2, 0.25) is 0 Å². The number of hydrogen-bond acceptors (Lipinski definition) is 4. The number of nitrogens with zero attached hydrogens (tertiary/aromatic N) is 2. The van der Waals surface area contributed by atoms with Crippen molar-refractivity contribution >= 4 is 12.4 Å². The van der Waals surface area contributed by atoms with Gasteiger partial charge in [-0.1, -0.05) is 0 Å². The van der Waals surface area contributed by atoms with E-state index in [4.69, 9.17) is 5.73 Å². The first kappa shape index (κ1) is 5.17. The molecule has 0 saturated heterocycles. The van der Waals surface area contributed by atoms with Gasteiger partial charge in [0.15, 0.2) is 6.29 Å². The third-order valence-corrected chi connectivity index (χ3v) is 0.657. The van der Waals surface area contributed by atoms with Crippen molar-refractivity contribution in [3.8, 4) is 0 Å². The Bertz CT molecular complexity index is 140. The molecule has 5 heteroatoms. The Balaban J connectivity index is 2.60. The van der Waals surface area contributed by atoms with Crippen LogP contribution in [0.1, 0.15) is 0 Å². The van der Waals surface area contributed by atoms with Crippen molar-refractivity contribution in [1.82, 2.24) is 5.32 Å². The standard InChI is InChI=1S/C3H5FN4/c4-2-6-1-7-3(5)8-2/h1,3H,5H2,(H,6,7,8). The molecule has 0 aliphatic carbocycles. The molecule has 0 aromatic carbocycles. The third-order valence-electron chi connectivity index (χ3n) is 0.657. The minimum atomic E-state index is -0.767. The normalized spacial score (nSPS) is 26.8.